The van der Waals surface area contributed by atoms with E-state index in [-0.39, 0.29) is 34.0 Å². The number of benzene rings is 2. The second-order valence-corrected chi connectivity index (χ2v) is 9.90. The summed E-state index contributed by atoms with van der Waals surface area (Å²) < 4.78 is 60.4. The maximum absolute atomic E-state index is 13.3. The van der Waals surface area contributed by atoms with Gasteiger partial charge in [-0.15, -0.1) is 0 Å². The van der Waals surface area contributed by atoms with Crippen molar-refractivity contribution in [2.75, 3.05) is 17.1 Å². The van der Waals surface area contributed by atoms with Gasteiger partial charge in [-0.05, 0) is 42.7 Å². The van der Waals surface area contributed by atoms with Crippen molar-refractivity contribution < 1.29 is 21.9 Å². The third-order valence-corrected chi connectivity index (χ3v) is 7.69. The first-order valence-corrected chi connectivity index (χ1v) is 11.5. The van der Waals surface area contributed by atoms with Crippen LogP contribution in [0.2, 0.25) is 5.02 Å². The molecule has 1 aromatic heterocycles. The van der Waals surface area contributed by atoms with Gasteiger partial charge in [0.05, 0.1) is 40.5 Å². The molecule has 0 spiro atoms. The van der Waals surface area contributed by atoms with Gasteiger partial charge in [0, 0.05) is 0 Å². The van der Waals surface area contributed by atoms with Gasteiger partial charge in [-0.2, -0.15) is 5.10 Å². The molecule has 2 aromatic carbocycles. The van der Waals surface area contributed by atoms with Crippen LogP contribution in [0.4, 0.5) is 20.3 Å². The molecule has 0 saturated heterocycles. The minimum Gasteiger partial charge on any atom is -0.497 e. The fourth-order valence-corrected chi connectivity index (χ4v) is 5.48. The highest BCUT2D eigenvalue weighted by molar-refractivity contribution is 7.93. The fourth-order valence-electron chi connectivity index (χ4n) is 3.45. The molecule has 1 saturated carbocycles. The molecule has 1 heterocycles. The normalized spacial score (nSPS) is 14.4. The lowest BCUT2D eigenvalue weighted by atomic mass is 10.2. The number of methoxy groups -OCH3 is 1. The summed E-state index contributed by atoms with van der Waals surface area (Å²) in [6, 6.07) is 9.91. The van der Waals surface area contributed by atoms with E-state index in [1.165, 1.54) is 19.2 Å². The van der Waals surface area contributed by atoms with E-state index in [1.54, 1.807) is 24.3 Å². The molecule has 0 unspecified atom stereocenters. The summed E-state index contributed by atoms with van der Waals surface area (Å²) in [5.41, 5.74) is 7.09. The monoisotopic (exact) mass is 470 g/mol. The highest BCUT2D eigenvalue weighted by Crippen LogP contribution is 2.41. The van der Waals surface area contributed by atoms with Crippen molar-refractivity contribution in [2.45, 2.75) is 37.6 Å². The summed E-state index contributed by atoms with van der Waals surface area (Å²) in [4.78, 5) is 0. The molecule has 7 nitrogen and oxygen atoms in total. The average Bonchev–Trinajstić information content (AvgIpc) is 3.52. The number of nitrogens with two attached hydrogens (primary N) is 1. The van der Waals surface area contributed by atoms with Gasteiger partial charge in [-0.25, -0.2) is 21.5 Å². The quantitative estimate of drug-likeness (QED) is 0.502. The van der Waals surface area contributed by atoms with Crippen molar-refractivity contribution in [3.05, 3.63) is 47.0 Å². The van der Waals surface area contributed by atoms with Crippen molar-refractivity contribution in [1.82, 2.24) is 9.78 Å². The zero-order chi connectivity index (χ0) is 22.3. The largest absolute Gasteiger partial charge is 0.497 e. The van der Waals surface area contributed by atoms with Crippen LogP contribution in [0, 0.1) is 0 Å². The van der Waals surface area contributed by atoms with Crippen molar-refractivity contribution in [3.63, 3.8) is 0 Å². The minimum absolute atomic E-state index is 0.00401. The average molecular weight is 471 g/mol. The number of fused-ring (bicyclic) bond motifs is 1. The second-order valence-electron chi connectivity index (χ2n) is 7.36. The first-order chi connectivity index (χ1) is 14.7. The third kappa shape index (κ3) is 4.14. The molecule has 2 N–H and O–H groups in total. The Morgan fingerprint density at radius 1 is 1.26 bits per heavy atom. The molecule has 1 fully saturated rings. The van der Waals surface area contributed by atoms with Crippen LogP contribution >= 0.6 is 11.6 Å². The maximum atomic E-state index is 13.3. The van der Waals surface area contributed by atoms with Crippen LogP contribution in [0.15, 0.2) is 36.4 Å². The Labute approximate surface area is 183 Å². The summed E-state index contributed by atoms with van der Waals surface area (Å²) in [6.45, 7) is -0.768. The summed E-state index contributed by atoms with van der Waals surface area (Å²) >= 11 is 6.38. The van der Waals surface area contributed by atoms with Gasteiger partial charge < -0.3 is 10.5 Å². The summed E-state index contributed by atoms with van der Waals surface area (Å²) in [5.74, 6) is 0.624. The lowest BCUT2D eigenvalue weighted by Gasteiger charge is -2.23. The van der Waals surface area contributed by atoms with Gasteiger partial charge in [0.2, 0.25) is 10.0 Å². The third-order valence-electron chi connectivity index (χ3n) is 5.14. The van der Waals surface area contributed by atoms with Crippen LogP contribution in [0.5, 0.6) is 5.75 Å². The minimum atomic E-state index is -3.79. The molecule has 0 bridgehead atoms. The van der Waals surface area contributed by atoms with E-state index in [4.69, 9.17) is 22.1 Å². The molecule has 1 aliphatic rings. The van der Waals surface area contributed by atoms with Crippen LogP contribution < -0.4 is 14.8 Å². The summed E-state index contributed by atoms with van der Waals surface area (Å²) in [7, 11) is -2.26. The van der Waals surface area contributed by atoms with Gasteiger partial charge in [0.25, 0.3) is 6.43 Å². The van der Waals surface area contributed by atoms with Crippen LogP contribution in [0.1, 0.15) is 18.4 Å². The van der Waals surface area contributed by atoms with Crippen LogP contribution in [0.25, 0.3) is 10.9 Å². The molecule has 0 amide bonds. The van der Waals surface area contributed by atoms with E-state index < -0.39 is 28.2 Å². The molecule has 31 heavy (non-hydrogen) atoms. The molecule has 0 radical (unpaired) electrons. The van der Waals surface area contributed by atoms with E-state index in [1.807, 2.05) is 0 Å². The van der Waals surface area contributed by atoms with E-state index >= 15 is 0 Å². The predicted molar refractivity (Wildman–Crippen MR) is 116 cm³/mol. The molecule has 1 aliphatic carbocycles. The van der Waals surface area contributed by atoms with Crippen LogP contribution in [-0.2, 0) is 23.1 Å². The van der Waals surface area contributed by atoms with Crippen molar-refractivity contribution in [2.24, 2.45) is 0 Å². The smallest absolute Gasteiger partial charge is 0.257 e. The van der Waals surface area contributed by atoms with Gasteiger partial charge in [0.15, 0.2) is 5.82 Å². The number of halogens is 3. The standard InChI is InChI=1S/C20H21ClF2N4O3S/c1-30-13-4-2-12(3-5-13)10-27(31(28,29)14-6-7-14)20-18-15(21)8-9-16(24)19(18)26(25-20)11-17(22)23/h2-5,8-9,14,17H,6-7,10-11,24H2,1H3. The molecule has 166 valence electrons. The number of sulfonamides is 1. The van der Waals surface area contributed by atoms with Gasteiger partial charge >= 0.3 is 0 Å². The lowest BCUT2D eigenvalue weighted by molar-refractivity contribution is 0.123. The Hall–Kier alpha value is -2.59. The number of alkyl halides is 2. The molecular weight excluding hydrogens is 450 g/mol. The Kier molecular flexibility index (Phi) is 5.69. The van der Waals surface area contributed by atoms with Crippen LogP contribution in [-0.4, -0.2) is 37.0 Å². The zero-order valence-corrected chi connectivity index (χ0v) is 18.2. The molecule has 3 aromatic rings. The number of hydrogen-bond acceptors (Lipinski definition) is 5. The Bertz CT molecular complexity index is 1210. The van der Waals surface area contributed by atoms with Crippen LogP contribution in [0.3, 0.4) is 0 Å². The number of ether oxygens (including phenoxy) is 1. The zero-order valence-electron chi connectivity index (χ0n) is 16.6. The number of hydrogen-bond donors (Lipinski definition) is 1. The van der Waals surface area contributed by atoms with E-state index in [0.717, 1.165) is 8.99 Å². The Morgan fingerprint density at radius 3 is 2.52 bits per heavy atom. The van der Waals surface area contributed by atoms with Gasteiger partial charge in [-0.3, -0.25) is 4.68 Å². The molecule has 11 heteroatoms. The molecule has 4 rings (SSSR count). The van der Waals surface area contributed by atoms with Crippen molar-refractivity contribution in [1.29, 1.82) is 0 Å². The lowest BCUT2D eigenvalue weighted by Crippen LogP contribution is -2.34. The predicted octanol–water partition coefficient (Wildman–Crippen LogP) is 4.04. The maximum Gasteiger partial charge on any atom is 0.257 e. The number of rotatable bonds is 8. The second kappa shape index (κ2) is 8.16. The summed E-state index contributed by atoms with van der Waals surface area (Å²) in [5, 5.41) is 4.13. The Morgan fingerprint density at radius 2 is 1.94 bits per heavy atom. The van der Waals surface area contributed by atoms with Gasteiger partial charge in [-0.1, -0.05) is 23.7 Å². The highest BCUT2D eigenvalue weighted by atomic mass is 35.5. The number of aromatic nitrogens is 2. The van der Waals surface area contributed by atoms with Crippen molar-refractivity contribution in [3.8, 4) is 5.75 Å². The molecular formula is C20H21ClF2N4O3S. The SMILES string of the molecule is COc1ccc(CN(c2nn(CC(F)F)c3c(N)ccc(Cl)c23)S(=O)(=O)C2CC2)cc1. The number of nitrogen functional groups attached to an aromatic ring is 1. The molecule has 0 aliphatic heterocycles. The van der Waals surface area contributed by atoms with E-state index in [9.17, 15) is 17.2 Å². The highest BCUT2D eigenvalue weighted by Gasteiger charge is 2.42. The first-order valence-electron chi connectivity index (χ1n) is 9.59. The van der Waals surface area contributed by atoms with Gasteiger partial charge in [0.1, 0.15) is 12.3 Å². The van der Waals surface area contributed by atoms with E-state index in [0.29, 0.717) is 24.2 Å². The Balaban J connectivity index is 1.89. The molecule has 0 atom stereocenters. The topological polar surface area (TPSA) is 90.4 Å². The number of nitrogens with zero attached hydrogens (tertiary/aromatic N) is 3. The first kappa shape index (κ1) is 21.6. The fraction of sp³-hybridized carbons (Fsp3) is 0.350. The number of anilines is 2. The van der Waals surface area contributed by atoms with E-state index in [2.05, 4.69) is 5.10 Å². The van der Waals surface area contributed by atoms with Crippen molar-refractivity contribution >= 4 is 44.0 Å². The summed E-state index contributed by atoms with van der Waals surface area (Å²) in [6.07, 6.45) is -1.63.